The maximum absolute atomic E-state index is 12.1. The molecule has 1 atom stereocenters. The summed E-state index contributed by atoms with van der Waals surface area (Å²) < 4.78 is 39.0. The van der Waals surface area contributed by atoms with Crippen LogP contribution in [-0.4, -0.2) is 51.9 Å². The van der Waals surface area contributed by atoms with E-state index in [4.69, 9.17) is 9.47 Å². The minimum absolute atomic E-state index is 0.148. The van der Waals surface area contributed by atoms with E-state index >= 15 is 0 Å². The van der Waals surface area contributed by atoms with Gasteiger partial charge in [-0.3, -0.25) is 0 Å². The first kappa shape index (κ1) is 16.8. The smallest absolute Gasteiger partial charge is 0.279 e. The van der Waals surface area contributed by atoms with Crippen molar-refractivity contribution < 1.29 is 17.9 Å². The molecule has 19 heavy (non-hydrogen) atoms. The van der Waals surface area contributed by atoms with Crippen LogP contribution in [0.1, 0.15) is 33.6 Å². The Hall–Kier alpha value is -0.210. The standard InChI is InChI=1S/C12H26N2O4S/c1-4-17-12(18-5-2)9-13-19(15,16)14-8-6-7-11(3)10-14/h11-13H,4-10H2,1-3H3. The zero-order valence-corrected chi connectivity index (χ0v) is 12.9. The summed E-state index contributed by atoms with van der Waals surface area (Å²) in [5.41, 5.74) is 0. The van der Waals surface area contributed by atoms with Crippen LogP contribution in [0.25, 0.3) is 0 Å². The molecule has 1 aliphatic heterocycles. The Morgan fingerprint density at radius 3 is 2.47 bits per heavy atom. The van der Waals surface area contributed by atoms with E-state index in [-0.39, 0.29) is 6.54 Å². The van der Waals surface area contributed by atoms with Crippen LogP contribution < -0.4 is 4.72 Å². The van der Waals surface area contributed by atoms with E-state index < -0.39 is 16.5 Å². The molecule has 0 aliphatic carbocycles. The van der Waals surface area contributed by atoms with Crippen molar-refractivity contribution in [1.82, 2.24) is 9.03 Å². The van der Waals surface area contributed by atoms with Gasteiger partial charge in [-0.05, 0) is 32.6 Å². The van der Waals surface area contributed by atoms with Crippen molar-refractivity contribution in [2.75, 3.05) is 32.8 Å². The lowest BCUT2D eigenvalue weighted by atomic mass is 10.0. The van der Waals surface area contributed by atoms with Crippen molar-refractivity contribution in [2.24, 2.45) is 5.92 Å². The van der Waals surface area contributed by atoms with Crippen LogP contribution in [-0.2, 0) is 19.7 Å². The Morgan fingerprint density at radius 1 is 1.32 bits per heavy atom. The fourth-order valence-corrected chi connectivity index (χ4v) is 3.52. The molecule has 1 rings (SSSR count). The van der Waals surface area contributed by atoms with Crippen LogP contribution in [0.15, 0.2) is 0 Å². The van der Waals surface area contributed by atoms with E-state index in [0.29, 0.717) is 32.2 Å². The minimum atomic E-state index is -3.42. The molecular weight excluding hydrogens is 268 g/mol. The Labute approximate surface area is 116 Å². The minimum Gasteiger partial charge on any atom is -0.352 e. The van der Waals surface area contributed by atoms with E-state index in [1.165, 1.54) is 4.31 Å². The number of nitrogens with zero attached hydrogens (tertiary/aromatic N) is 1. The normalized spacial score (nSPS) is 22.0. The SMILES string of the molecule is CCOC(CNS(=O)(=O)N1CCCC(C)C1)OCC. The van der Waals surface area contributed by atoms with Gasteiger partial charge in [-0.25, -0.2) is 0 Å². The lowest BCUT2D eigenvalue weighted by Gasteiger charge is -2.30. The van der Waals surface area contributed by atoms with Crippen molar-refractivity contribution in [1.29, 1.82) is 0 Å². The molecule has 6 nitrogen and oxygen atoms in total. The van der Waals surface area contributed by atoms with Gasteiger partial charge in [0.25, 0.3) is 10.2 Å². The van der Waals surface area contributed by atoms with Gasteiger partial charge in [0, 0.05) is 26.3 Å². The Bertz CT molecular complexity index is 342. The first-order valence-electron chi connectivity index (χ1n) is 6.97. The van der Waals surface area contributed by atoms with Crippen LogP contribution in [0.4, 0.5) is 0 Å². The highest BCUT2D eigenvalue weighted by molar-refractivity contribution is 7.87. The summed E-state index contributed by atoms with van der Waals surface area (Å²) in [7, 11) is -3.42. The van der Waals surface area contributed by atoms with Gasteiger partial charge in [-0.15, -0.1) is 0 Å². The summed E-state index contributed by atoms with van der Waals surface area (Å²) in [5.74, 6) is 0.417. The van der Waals surface area contributed by atoms with E-state index in [1.54, 1.807) is 0 Å². The number of nitrogens with one attached hydrogen (secondary N) is 1. The van der Waals surface area contributed by atoms with E-state index in [2.05, 4.69) is 11.6 Å². The molecule has 0 aromatic rings. The summed E-state index contributed by atoms with van der Waals surface area (Å²) in [6, 6.07) is 0. The molecule has 1 unspecified atom stereocenters. The molecular formula is C12H26N2O4S. The van der Waals surface area contributed by atoms with Gasteiger partial charge < -0.3 is 9.47 Å². The zero-order valence-electron chi connectivity index (χ0n) is 12.1. The van der Waals surface area contributed by atoms with Gasteiger partial charge in [-0.1, -0.05) is 6.92 Å². The quantitative estimate of drug-likeness (QED) is 0.677. The Morgan fingerprint density at radius 2 is 1.95 bits per heavy atom. The molecule has 0 aromatic heterocycles. The molecule has 1 saturated heterocycles. The fraction of sp³-hybridized carbons (Fsp3) is 1.00. The highest BCUT2D eigenvalue weighted by atomic mass is 32.2. The predicted octanol–water partition coefficient (Wildman–Crippen LogP) is 0.952. The van der Waals surface area contributed by atoms with Crippen molar-refractivity contribution in [3.05, 3.63) is 0 Å². The van der Waals surface area contributed by atoms with Gasteiger partial charge in [0.2, 0.25) is 0 Å². The highest BCUT2D eigenvalue weighted by Gasteiger charge is 2.27. The maximum atomic E-state index is 12.1. The van der Waals surface area contributed by atoms with Crippen molar-refractivity contribution in [3.8, 4) is 0 Å². The molecule has 0 saturated carbocycles. The zero-order chi connectivity index (χ0) is 14.3. The number of piperidine rings is 1. The molecule has 0 spiro atoms. The topological polar surface area (TPSA) is 67.9 Å². The monoisotopic (exact) mass is 294 g/mol. The molecule has 114 valence electrons. The molecule has 1 N–H and O–H groups in total. The molecule has 1 heterocycles. The third-order valence-electron chi connectivity index (χ3n) is 3.10. The van der Waals surface area contributed by atoms with E-state index in [0.717, 1.165) is 12.8 Å². The summed E-state index contributed by atoms with van der Waals surface area (Å²) in [6.45, 7) is 8.09. The van der Waals surface area contributed by atoms with Crippen molar-refractivity contribution >= 4 is 10.2 Å². The number of hydrogen-bond acceptors (Lipinski definition) is 4. The van der Waals surface area contributed by atoms with Crippen LogP contribution >= 0.6 is 0 Å². The van der Waals surface area contributed by atoms with Crippen LogP contribution in [0.3, 0.4) is 0 Å². The number of ether oxygens (including phenoxy) is 2. The molecule has 0 amide bonds. The first-order valence-corrected chi connectivity index (χ1v) is 8.41. The summed E-state index contributed by atoms with van der Waals surface area (Å²) in [6.07, 6.45) is 1.49. The second-order valence-corrected chi connectivity index (χ2v) is 6.55. The average molecular weight is 294 g/mol. The maximum Gasteiger partial charge on any atom is 0.279 e. The number of hydrogen-bond donors (Lipinski definition) is 1. The molecule has 0 aromatic carbocycles. The van der Waals surface area contributed by atoms with Crippen LogP contribution in [0.5, 0.6) is 0 Å². The van der Waals surface area contributed by atoms with E-state index in [9.17, 15) is 8.42 Å². The molecule has 7 heteroatoms. The van der Waals surface area contributed by atoms with Gasteiger partial charge in [0.15, 0.2) is 6.29 Å². The first-order chi connectivity index (χ1) is 8.99. The fourth-order valence-electron chi connectivity index (χ4n) is 2.17. The van der Waals surface area contributed by atoms with Crippen molar-refractivity contribution in [2.45, 2.75) is 39.9 Å². The summed E-state index contributed by atoms with van der Waals surface area (Å²) in [5, 5.41) is 0. The Kier molecular flexibility index (Phi) is 7.23. The third-order valence-corrected chi connectivity index (χ3v) is 4.64. The van der Waals surface area contributed by atoms with Crippen molar-refractivity contribution in [3.63, 3.8) is 0 Å². The molecule has 1 aliphatic rings. The van der Waals surface area contributed by atoms with Crippen LogP contribution in [0.2, 0.25) is 0 Å². The number of rotatable bonds is 8. The second kappa shape index (κ2) is 8.16. The van der Waals surface area contributed by atoms with Gasteiger partial charge in [0.05, 0.1) is 6.54 Å². The predicted molar refractivity (Wildman–Crippen MR) is 73.9 cm³/mol. The lowest BCUT2D eigenvalue weighted by molar-refractivity contribution is -0.130. The van der Waals surface area contributed by atoms with Gasteiger partial charge in [-0.2, -0.15) is 17.4 Å². The lowest BCUT2D eigenvalue weighted by Crippen LogP contribution is -2.47. The van der Waals surface area contributed by atoms with E-state index in [1.807, 2.05) is 13.8 Å². The summed E-state index contributed by atoms with van der Waals surface area (Å²) >= 11 is 0. The third kappa shape index (κ3) is 5.74. The Balaban J connectivity index is 2.48. The molecule has 0 bridgehead atoms. The van der Waals surface area contributed by atoms with Gasteiger partial charge >= 0.3 is 0 Å². The molecule has 0 radical (unpaired) electrons. The largest absolute Gasteiger partial charge is 0.352 e. The second-order valence-electron chi connectivity index (χ2n) is 4.80. The molecule has 1 fully saturated rings. The summed E-state index contributed by atoms with van der Waals surface area (Å²) in [4.78, 5) is 0. The van der Waals surface area contributed by atoms with Crippen LogP contribution in [0, 0.1) is 5.92 Å². The highest BCUT2D eigenvalue weighted by Crippen LogP contribution is 2.17. The van der Waals surface area contributed by atoms with Gasteiger partial charge in [0.1, 0.15) is 0 Å². The average Bonchev–Trinajstić information content (AvgIpc) is 2.37.